The third-order valence-corrected chi connectivity index (χ3v) is 6.64. The van der Waals surface area contributed by atoms with Crippen molar-refractivity contribution in [1.29, 1.82) is 0 Å². The van der Waals surface area contributed by atoms with Crippen LogP contribution in [0.3, 0.4) is 0 Å². The standard InChI is InChI=1S/C24H26ClNO3S/c1-15-14-30-22-19(28-13-16-8-6-5-7-9-16)10-18-21(20(15)22)17(11-25)12-26(18)23(27)29-24(2,3)4/h5-10,14,17H,11-13H2,1-4H3/t17-/m1/s1. The van der Waals surface area contributed by atoms with E-state index < -0.39 is 5.60 Å². The summed E-state index contributed by atoms with van der Waals surface area (Å²) < 4.78 is 13.0. The van der Waals surface area contributed by atoms with Crippen molar-refractivity contribution < 1.29 is 14.3 Å². The minimum Gasteiger partial charge on any atom is -0.487 e. The molecular weight excluding hydrogens is 418 g/mol. The van der Waals surface area contributed by atoms with Gasteiger partial charge in [-0.25, -0.2) is 4.79 Å². The van der Waals surface area contributed by atoms with E-state index in [0.29, 0.717) is 19.0 Å². The molecule has 2 heterocycles. The summed E-state index contributed by atoms with van der Waals surface area (Å²) in [4.78, 5) is 14.7. The Morgan fingerprint density at radius 3 is 2.67 bits per heavy atom. The van der Waals surface area contributed by atoms with Crippen molar-refractivity contribution in [3.63, 3.8) is 0 Å². The van der Waals surface area contributed by atoms with Gasteiger partial charge in [-0.15, -0.1) is 22.9 Å². The highest BCUT2D eigenvalue weighted by Crippen LogP contribution is 2.49. The maximum Gasteiger partial charge on any atom is 0.414 e. The van der Waals surface area contributed by atoms with Crippen LogP contribution in [0.1, 0.15) is 43.4 Å². The van der Waals surface area contributed by atoms with Crippen LogP contribution in [0.5, 0.6) is 5.75 Å². The van der Waals surface area contributed by atoms with Crippen molar-refractivity contribution in [3.8, 4) is 5.75 Å². The second-order valence-electron chi connectivity index (χ2n) is 8.65. The number of anilines is 1. The highest BCUT2D eigenvalue weighted by Gasteiger charge is 2.37. The zero-order valence-corrected chi connectivity index (χ0v) is 19.3. The van der Waals surface area contributed by atoms with Crippen LogP contribution >= 0.6 is 22.9 Å². The smallest absolute Gasteiger partial charge is 0.414 e. The molecule has 1 aliphatic rings. The first-order valence-corrected chi connectivity index (χ1v) is 11.5. The summed E-state index contributed by atoms with van der Waals surface area (Å²) in [6, 6.07) is 12.1. The van der Waals surface area contributed by atoms with Gasteiger partial charge < -0.3 is 9.47 Å². The molecule has 0 aliphatic carbocycles. The third-order valence-electron chi connectivity index (χ3n) is 5.15. The summed E-state index contributed by atoms with van der Waals surface area (Å²) in [5.41, 5.74) is 3.67. The van der Waals surface area contributed by atoms with E-state index in [2.05, 4.69) is 12.3 Å². The van der Waals surface area contributed by atoms with Gasteiger partial charge in [-0.1, -0.05) is 30.3 Å². The number of hydrogen-bond acceptors (Lipinski definition) is 4. The number of alkyl halides is 1. The summed E-state index contributed by atoms with van der Waals surface area (Å²) in [7, 11) is 0. The second-order valence-corrected chi connectivity index (χ2v) is 9.84. The first kappa shape index (κ1) is 21.0. The molecule has 158 valence electrons. The lowest BCUT2D eigenvalue weighted by Crippen LogP contribution is -2.36. The van der Waals surface area contributed by atoms with Crippen LogP contribution in [0.2, 0.25) is 0 Å². The molecule has 4 rings (SSSR count). The summed E-state index contributed by atoms with van der Waals surface area (Å²) in [5.74, 6) is 1.30. The van der Waals surface area contributed by atoms with Gasteiger partial charge in [0.25, 0.3) is 0 Å². The number of aryl methyl sites for hydroxylation is 1. The van der Waals surface area contributed by atoms with Crippen LogP contribution in [0.4, 0.5) is 10.5 Å². The van der Waals surface area contributed by atoms with E-state index in [4.69, 9.17) is 21.1 Å². The molecule has 1 amide bonds. The van der Waals surface area contributed by atoms with Crippen molar-refractivity contribution in [1.82, 2.24) is 0 Å². The number of ether oxygens (including phenoxy) is 2. The predicted octanol–water partition coefficient (Wildman–Crippen LogP) is 6.87. The number of halogens is 1. The van der Waals surface area contributed by atoms with Crippen molar-refractivity contribution >= 4 is 44.8 Å². The minimum absolute atomic E-state index is 0.0631. The molecule has 4 nitrogen and oxygen atoms in total. The first-order chi connectivity index (χ1) is 14.3. The van der Waals surface area contributed by atoms with Crippen LogP contribution in [-0.4, -0.2) is 24.1 Å². The molecule has 0 spiro atoms. The highest BCUT2D eigenvalue weighted by atomic mass is 35.5. The van der Waals surface area contributed by atoms with Gasteiger partial charge in [0, 0.05) is 29.8 Å². The van der Waals surface area contributed by atoms with Crippen LogP contribution in [0.25, 0.3) is 10.1 Å². The monoisotopic (exact) mass is 443 g/mol. The highest BCUT2D eigenvalue weighted by molar-refractivity contribution is 7.17. The first-order valence-electron chi connectivity index (χ1n) is 10.1. The Morgan fingerprint density at radius 1 is 1.27 bits per heavy atom. The Hall–Kier alpha value is -2.24. The summed E-state index contributed by atoms with van der Waals surface area (Å²) in [6.45, 7) is 8.71. The number of nitrogens with zero attached hydrogens (tertiary/aromatic N) is 1. The van der Waals surface area contributed by atoms with Gasteiger partial charge in [-0.2, -0.15) is 0 Å². The van der Waals surface area contributed by atoms with E-state index in [9.17, 15) is 4.79 Å². The van der Waals surface area contributed by atoms with Crippen LogP contribution in [0.15, 0.2) is 41.8 Å². The van der Waals surface area contributed by atoms with Gasteiger partial charge in [0.05, 0.1) is 10.4 Å². The fourth-order valence-corrected chi connectivity index (χ4v) is 5.15. The number of carbonyl (C=O) groups is 1. The fraction of sp³-hybridized carbons (Fsp3) is 0.375. The molecule has 0 N–H and O–H groups in total. The predicted molar refractivity (Wildman–Crippen MR) is 124 cm³/mol. The molecule has 0 bridgehead atoms. The lowest BCUT2D eigenvalue weighted by molar-refractivity contribution is 0.0582. The van der Waals surface area contributed by atoms with Gasteiger partial charge >= 0.3 is 6.09 Å². The second kappa shape index (κ2) is 8.12. The Labute approximate surface area is 186 Å². The van der Waals surface area contributed by atoms with Crippen LogP contribution in [0, 0.1) is 6.92 Å². The molecule has 0 saturated carbocycles. The molecule has 0 unspecified atom stereocenters. The lowest BCUT2D eigenvalue weighted by atomic mass is 9.97. The van der Waals surface area contributed by atoms with Gasteiger partial charge in [0.15, 0.2) is 0 Å². The molecule has 0 fully saturated rings. The van der Waals surface area contributed by atoms with E-state index in [1.54, 1.807) is 16.2 Å². The number of amides is 1. The minimum atomic E-state index is -0.564. The Morgan fingerprint density at radius 2 is 2.00 bits per heavy atom. The largest absolute Gasteiger partial charge is 0.487 e. The molecule has 3 aromatic rings. The average Bonchev–Trinajstić information content (AvgIpc) is 3.26. The normalized spacial score (nSPS) is 16.0. The molecule has 1 aromatic heterocycles. The molecule has 6 heteroatoms. The Bertz CT molecular complexity index is 1070. The van der Waals surface area contributed by atoms with Crippen molar-refractivity contribution in [2.45, 2.75) is 45.8 Å². The number of carbonyl (C=O) groups excluding carboxylic acids is 1. The number of hydrogen-bond donors (Lipinski definition) is 0. The summed E-state index contributed by atoms with van der Waals surface area (Å²) >= 11 is 8.00. The molecule has 30 heavy (non-hydrogen) atoms. The van der Waals surface area contributed by atoms with Crippen molar-refractivity contribution in [2.75, 3.05) is 17.3 Å². The number of fused-ring (bicyclic) bond motifs is 3. The maximum absolute atomic E-state index is 13.0. The van der Waals surface area contributed by atoms with Gasteiger partial charge in [0.2, 0.25) is 0 Å². The zero-order chi connectivity index (χ0) is 21.5. The summed E-state index contributed by atoms with van der Waals surface area (Å²) in [5, 5.41) is 3.29. The lowest BCUT2D eigenvalue weighted by Gasteiger charge is -2.25. The zero-order valence-electron chi connectivity index (χ0n) is 17.7. The van der Waals surface area contributed by atoms with Gasteiger partial charge in [-0.05, 0) is 49.8 Å². The van der Waals surface area contributed by atoms with Crippen LogP contribution in [-0.2, 0) is 11.3 Å². The van der Waals surface area contributed by atoms with Gasteiger partial charge in [0.1, 0.15) is 18.0 Å². The number of thiophene rings is 1. The third kappa shape index (κ3) is 4.01. The van der Waals surface area contributed by atoms with E-state index in [-0.39, 0.29) is 12.0 Å². The number of benzene rings is 2. The molecule has 0 saturated heterocycles. The maximum atomic E-state index is 13.0. The number of rotatable bonds is 4. The summed E-state index contributed by atoms with van der Waals surface area (Å²) in [6.07, 6.45) is -0.349. The van der Waals surface area contributed by atoms with Crippen molar-refractivity contribution in [2.24, 2.45) is 0 Å². The van der Waals surface area contributed by atoms with E-state index in [0.717, 1.165) is 32.6 Å². The van der Waals surface area contributed by atoms with Crippen molar-refractivity contribution in [3.05, 3.63) is 58.5 Å². The molecule has 0 radical (unpaired) electrons. The molecule has 2 aromatic carbocycles. The Kier molecular flexibility index (Phi) is 5.69. The quantitative estimate of drug-likeness (QED) is 0.413. The fourth-order valence-electron chi connectivity index (χ4n) is 3.86. The van der Waals surface area contributed by atoms with Gasteiger partial charge in [-0.3, -0.25) is 4.90 Å². The molecular formula is C24H26ClNO3S. The van der Waals surface area contributed by atoms with E-state index in [1.807, 2.05) is 57.2 Å². The topological polar surface area (TPSA) is 38.8 Å². The van der Waals surface area contributed by atoms with E-state index >= 15 is 0 Å². The molecule has 1 aliphatic heterocycles. The SMILES string of the molecule is Cc1csc2c(OCc3ccccc3)cc3c(c12)[C@H](CCl)CN3C(=O)OC(C)(C)C. The van der Waals surface area contributed by atoms with Crippen LogP contribution < -0.4 is 9.64 Å². The Balaban J connectivity index is 1.78. The molecule has 1 atom stereocenters. The van der Waals surface area contributed by atoms with E-state index in [1.165, 1.54) is 5.56 Å². The average molecular weight is 444 g/mol.